The van der Waals surface area contributed by atoms with Crippen molar-refractivity contribution in [2.24, 2.45) is 5.41 Å². The van der Waals surface area contributed by atoms with Gasteiger partial charge >= 0.3 is 0 Å². The van der Waals surface area contributed by atoms with Crippen LogP contribution in [0.1, 0.15) is 75.0 Å². The van der Waals surface area contributed by atoms with Crippen LogP contribution in [0.25, 0.3) is 0 Å². The van der Waals surface area contributed by atoms with Crippen LogP contribution in [0.2, 0.25) is 0 Å². The van der Waals surface area contributed by atoms with Gasteiger partial charge in [-0.2, -0.15) is 0 Å². The first-order valence-corrected chi connectivity index (χ1v) is 8.54. The molecular weight excluding hydrogens is 246 g/mol. The topological polar surface area (TPSA) is 29.9 Å². The van der Waals surface area contributed by atoms with Crippen LogP contribution in [0.5, 0.6) is 0 Å². The van der Waals surface area contributed by atoms with Gasteiger partial charge in [0.15, 0.2) is 0 Å². The Morgan fingerprint density at radius 3 is 2.80 bits per heavy atom. The molecule has 2 aliphatic carbocycles. The minimum atomic E-state index is 0.572. The number of nitrogens with zero attached hydrogens (tertiary/aromatic N) is 2. The van der Waals surface area contributed by atoms with E-state index in [4.69, 9.17) is 4.98 Å². The summed E-state index contributed by atoms with van der Waals surface area (Å²) in [6.07, 6.45) is 10.9. The molecule has 20 heavy (non-hydrogen) atoms. The zero-order chi connectivity index (χ0) is 13.6. The number of rotatable bonds is 3. The van der Waals surface area contributed by atoms with Gasteiger partial charge in [-0.05, 0) is 31.1 Å². The first-order valence-electron chi connectivity index (χ1n) is 8.54. The second-order valence-electron chi connectivity index (χ2n) is 7.52. The second kappa shape index (κ2) is 4.87. The highest BCUT2D eigenvalue weighted by Gasteiger charge is 2.39. The van der Waals surface area contributed by atoms with Crippen LogP contribution in [-0.2, 0) is 19.5 Å². The lowest BCUT2D eigenvalue weighted by molar-refractivity contribution is 0.385. The van der Waals surface area contributed by atoms with Gasteiger partial charge in [0.1, 0.15) is 5.82 Å². The Morgan fingerprint density at radius 1 is 1.25 bits per heavy atom. The Morgan fingerprint density at radius 2 is 2.05 bits per heavy atom. The monoisotopic (exact) mass is 273 g/mol. The van der Waals surface area contributed by atoms with E-state index >= 15 is 0 Å². The SMILES string of the molecule is CC1(Cn2c(C3CCCCC3)nc3c2CCNC3)CC1. The molecule has 0 atom stereocenters. The van der Waals surface area contributed by atoms with Crippen LogP contribution >= 0.6 is 0 Å². The van der Waals surface area contributed by atoms with Crippen LogP contribution in [0, 0.1) is 5.41 Å². The van der Waals surface area contributed by atoms with E-state index in [0.717, 1.165) is 19.0 Å². The molecule has 0 bridgehead atoms. The Hall–Kier alpha value is -0.830. The molecule has 3 nitrogen and oxygen atoms in total. The molecule has 110 valence electrons. The lowest BCUT2D eigenvalue weighted by Gasteiger charge is -2.24. The summed E-state index contributed by atoms with van der Waals surface area (Å²) in [6.45, 7) is 5.78. The molecule has 3 aliphatic rings. The highest BCUT2D eigenvalue weighted by atomic mass is 15.1. The molecule has 0 saturated heterocycles. The van der Waals surface area contributed by atoms with Gasteiger partial charge in [0.05, 0.1) is 5.69 Å². The summed E-state index contributed by atoms with van der Waals surface area (Å²) in [6, 6.07) is 0. The molecule has 4 rings (SSSR count). The first-order chi connectivity index (χ1) is 9.75. The molecule has 0 amide bonds. The normalized spacial score (nSPS) is 25.4. The van der Waals surface area contributed by atoms with E-state index in [1.807, 2.05) is 0 Å². The fourth-order valence-corrected chi connectivity index (χ4v) is 3.99. The molecule has 1 N–H and O–H groups in total. The van der Waals surface area contributed by atoms with E-state index in [9.17, 15) is 0 Å². The quantitative estimate of drug-likeness (QED) is 0.915. The summed E-state index contributed by atoms with van der Waals surface area (Å²) >= 11 is 0. The molecule has 1 aliphatic heterocycles. The number of fused-ring (bicyclic) bond motifs is 1. The van der Waals surface area contributed by atoms with Gasteiger partial charge in [-0.3, -0.25) is 0 Å². The van der Waals surface area contributed by atoms with Crippen LogP contribution in [0.3, 0.4) is 0 Å². The van der Waals surface area contributed by atoms with Crippen LogP contribution in [0.15, 0.2) is 0 Å². The fraction of sp³-hybridized carbons (Fsp3) is 0.824. The largest absolute Gasteiger partial charge is 0.331 e. The van der Waals surface area contributed by atoms with E-state index in [1.165, 1.54) is 69.4 Å². The number of hydrogen-bond acceptors (Lipinski definition) is 2. The Kier molecular flexibility index (Phi) is 3.13. The van der Waals surface area contributed by atoms with E-state index < -0.39 is 0 Å². The van der Waals surface area contributed by atoms with Gasteiger partial charge in [0.25, 0.3) is 0 Å². The second-order valence-corrected chi connectivity index (χ2v) is 7.52. The smallest absolute Gasteiger partial charge is 0.112 e. The van der Waals surface area contributed by atoms with E-state index in [2.05, 4.69) is 16.8 Å². The molecular formula is C17H27N3. The van der Waals surface area contributed by atoms with Crippen LogP contribution in [-0.4, -0.2) is 16.1 Å². The summed E-state index contributed by atoms with van der Waals surface area (Å²) in [5, 5.41) is 3.49. The van der Waals surface area contributed by atoms with Crippen molar-refractivity contribution in [2.45, 2.75) is 77.3 Å². The lowest BCUT2D eigenvalue weighted by atomic mass is 9.88. The lowest BCUT2D eigenvalue weighted by Crippen LogP contribution is -2.26. The van der Waals surface area contributed by atoms with Gasteiger partial charge in [-0.1, -0.05) is 26.2 Å². The Labute approximate surface area is 122 Å². The average Bonchev–Trinajstić information content (AvgIpc) is 3.10. The maximum atomic E-state index is 5.09. The zero-order valence-corrected chi connectivity index (χ0v) is 12.7. The zero-order valence-electron chi connectivity index (χ0n) is 12.7. The van der Waals surface area contributed by atoms with Crippen molar-refractivity contribution in [3.05, 3.63) is 17.2 Å². The third-order valence-electron chi connectivity index (χ3n) is 5.63. The summed E-state index contributed by atoms with van der Waals surface area (Å²) < 4.78 is 2.65. The van der Waals surface area contributed by atoms with Gasteiger partial charge in [0.2, 0.25) is 0 Å². The van der Waals surface area contributed by atoms with Crippen molar-refractivity contribution >= 4 is 0 Å². The number of aromatic nitrogens is 2. The van der Waals surface area contributed by atoms with Gasteiger partial charge in [-0.15, -0.1) is 0 Å². The van der Waals surface area contributed by atoms with Crippen molar-refractivity contribution in [3.8, 4) is 0 Å². The first kappa shape index (κ1) is 12.9. The van der Waals surface area contributed by atoms with Crippen LogP contribution < -0.4 is 5.32 Å². The van der Waals surface area contributed by atoms with E-state index in [0.29, 0.717) is 5.41 Å². The predicted molar refractivity (Wildman–Crippen MR) is 80.8 cm³/mol. The maximum Gasteiger partial charge on any atom is 0.112 e. The van der Waals surface area contributed by atoms with Crippen molar-refractivity contribution < 1.29 is 0 Å². The predicted octanol–water partition coefficient (Wildman–Crippen LogP) is 3.38. The Balaban J connectivity index is 1.69. The standard InChI is InChI=1S/C17H27N3/c1-17(8-9-17)12-20-15-7-10-18-11-14(15)19-16(20)13-5-3-2-4-6-13/h13,18H,2-12H2,1H3. The highest BCUT2D eigenvalue weighted by Crippen LogP contribution is 2.47. The third kappa shape index (κ3) is 2.30. The summed E-state index contributed by atoms with van der Waals surface area (Å²) in [7, 11) is 0. The van der Waals surface area contributed by atoms with Gasteiger partial charge in [0, 0.05) is 37.7 Å². The number of imidazole rings is 1. The average molecular weight is 273 g/mol. The van der Waals surface area contributed by atoms with Gasteiger partial charge in [-0.25, -0.2) is 4.98 Å². The van der Waals surface area contributed by atoms with E-state index in [-0.39, 0.29) is 0 Å². The molecule has 0 aromatic carbocycles. The molecule has 0 radical (unpaired) electrons. The van der Waals surface area contributed by atoms with Crippen molar-refractivity contribution in [1.82, 2.24) is 14.9 Å². The van der Waals surface area contributed by atoms with Crippen molar-refractivity contribution in [3.63, 3.8) is 0 Å². The molecule has 2 heterocycles. The molecule has 1 aromatic rings. The highest BCUT2D eigenvalue weighted by molar-refractivity contribution is 5.23. The van der Waals surface area contributed by atoms with Crippen LogP contribution in [0.4, 0.5) is 0 Å². The minimum absolute atomic E-state index is 0.572. The molecule has 0 unspecified atom stereocenters. The molecule has 2 fully saturated rings. The molecule has 0 spiro atoms. The van der Waals surface area contributed by atoms with Crippen molar-refractivity contribution in [2.75, 3.05) is 6.54 Å². The van der Waals surface area contributed by atoms with Gasteiger partial charge < -0.3 is 9.88 Å². The summed E-state index contributed by atoms with van der Waals surface area (Å²) in [4.78, 5) is 5.09. The Bertz CT molecular complexity index is 493. The third-order valence-corrected chi connectivity index (χ3v) is 5.63. The fourth-order valence-electron chi connectivity index (χ4n) is 3.99. The number of nitrogens with one attached hydrogen (secondary N) is 1. The summed E-state index contributed by atoms with van der Waals surface area (Å²) in [5.41, 5.74) is 3.47. The summed E-state index contributed by atoms with van der Waals surface area (Å²) in [5.74, 6) is 2.17. The molecule has 1 aromatic heterocycles. The number of hydrogen-bond donors (Lipinski definition) is 1. The molecule has 3 heteroatoms. The maximum absolute atomic E-state index is 5.09. The van der Waals surface area contributed by atoms with E-state index in [1.54, 1.807) is 5.69 Å². The minimum Gasteiger partial charge on any atom is -0.331 e. The molecule has 2 saturated carbocycles. The van der Waals surface area contributed by atoms with Crippen molar-refractivity contribution in [1.29, 1.82) is 0 Å².